The average Bonchev–Trinajstić information content (AvgIpc) is 3.30. The van der Waals surface area contributed by atoms with Gasteiger partial charge in [-0.2, -0.15) is 0 Å². The largest absolute Gasteiger partial charge is 0.467 e. The predicted molar refractivity (Wildman–Crippen MR) is 83.0 cm³/mol. The van der Waals surface area contributed by atoms with Gasteiger partial charge in [-0.25, -0.2) is 8.42 Å². The molecule has 1 unspecified atom stereocenters. The van der Waals surface area contributed by atoms with Crippen molar-refractivity contribution < 1.29 is 17.6 Å². The van der Waals surface area contributed by atoms with Gasteiger partial charge in [0.15, 0.2) is 0 Å². The van der Waals surface area contributed by atoms with Gasteiger partial charge in [-0.15, -0.1) is 0 Å². The van der Waals surface area contributed by atoms with Crippen molar-refractivity contribution in [1.29, 1.82) is 0 Å². The minimum Gasteiger partial charge on any atom is -0.467 e. The molecule has 1 amide bonds. The molecule has 2 aliphatic rings. The number of furan rings is 1. The smallest absolute Gasteiger partial charge is 0.224 e. The predicted octanol–water partition coefficient (Wildman–Crippen LogP) is 2.55. The maximum atomic E-state index is 12.8. The van der Waals surface area contributed by atoms with Crippen molar-refractivity contribution in [2.24, 2.45) is 5.41 Å². The molecule has 6 heteroatoms. The quantitative estimate of drug-likeness (QED) is 0.772. The molecule has 3 rings (SSSR count). The van der Waals surface area contributed by atoms with Gasteiger partial charge < -0.3 is 9.32 Å². The highest BCUT2D eigenvalue weighted by atomic mass is 32.2. The van der Waals surface area contributed by atoms with E-state index in [-0.39, 0.29) is 29.2 Å². The summed E-state index contributed by atoms with van der Waals surface area (Å²) in [6, 6.07) is 3.90. The van der Waals surface area contributed by atoms with Crippen LogP contribution < -0.4 is 0 Å². The first-order valence-electron chi connectivity index (χ1n) is 7.82. The van der Waals surface area contributed by atoms with E-state index in [1.165, 1.54) is 6.26 Å². The van der Waals surface area contributed by atoms with Gasteiger partial charge in [0.2, 0.25) is 5.91 Å². The van der Waals surface area contributed by atoms with Crippen molar-refractivity contribution in [2.45, 2.75) is 51.1 Å². The molecule has 2 saturated carbocycles. The highest BCUT2D eigenvalue weighted by Crippen LogP contribution is 2.51. The van der Waals surface area contributed by atoms with Crippen LogP contribution in [-0.4, -0.2) is 37.3 Å². The number of carbonyl (C=O) groups excluding carboxylic acids is 1. The third-order valence-corrected chi connectivity index (χ3v) is 5.79. The Morgan fingerprint density at radius 3 is 2.59 bits per heavy atom. The van der Waals surface area contributed by atoms with Crippen molar-refractivity contribution in [3.8, 4) is 0 Å². The van der Waals surface area contributed by atoms with Crippen molar-refractivity contribution in [1.82, 2.24) is 4.90 Å². The maximum Gasteiger partial charge on any atom is 0.224 e. The molecule has 1 aromatic rings. The van der Waals surface area contributed by atoms with Gasteiger partial charge in [0.25, 0.3) is 0 Å². The van der Waals surface area contributed by atoms with Gasteiger partial charge in [0, 0.05) is 18.7 Å². The van der Waals surface area contributed by atoms with Crippen molar-refractivity contribution in [3.05, 3.63) is 24.2 Å². The summed E-state index contributed by atoms with van der Waals surface area (Å²) in [6.45, 7) is 1.98. The van der Waals surface area contributed by atoms with Crippen LogP contribution >= 0.6 is 0 Å². The van der Waals surface area contributed by atoms with Crippen LogP contribution in [0.4, 0.5) is 0 Å². The summed E-state index contributed by atoms with van der Waals surface area (Å²) in [5.41, 5.74) is -0.319. The van der Waals surface area contributed by atoms with Gasteiger partial charge in [-0.3, -0.25) is 4.79 Å². The Morgan fingerprint density at radius 2 is 2.14 bits per heavy atom. The zero-order chi connectivity index (χ0) is 16.0. The number of hydrogen-bond acceptors (Lipinski definition) is 4. The van der Waals surface area contributed by atoms with Gasteiger partial charge in [-0.1, -0.05) is 0 Å². The lowest BCUT2D eigenvalue weighted by Gasteiger charge is -2.29. The van der Waals surface area contributed by atoms with E-state index in [0.717, 1.165) is 31.4 Å². The number of carbonyl (C=O) groups is 1. The zero-order valence-electron chi connectivity index (χ0n) is 13.1. The standard InChI is InChI=1S/C16H23NO4S/c1-12(14-4-3-9-21-14)17(13-5-6-13)15(18)10-16(7-8-16)11-22(2,19)20/h3-4,9,12-13H,5-8,10-11H2,1-2H3. The van der Waals surface area contributed by atoms with Gasteiger partial charge in [-0.05, 0) is 50.2 Å². The Bertz CT molecular complexity index is 642. The molecular weight excluding hydrogens is 302 g/mol. The molecule has 0 N–H and O–H groups in total. The molecule has 5 nitrogen and oxygen atoms in total. The summed E-state index contributed by atoms with van der Waals surface area (Å²) in [7, 11) is -3.05. The highest BCUT2D eigenvalue weighted by Gasteiger charge is 2.49. The first kappa shape index (κ1) is 15.6. The lowest BCUT2D eigenvalue weighted by molar-refractivity contribution is -0.135. The minimum atomic E-state index is -3.05. The van der Waals surface area contributed by atoms with Crippen LogP contribution in [0.15, 0.2) is 22.8 Å². The van der Waals surface area contributed by atoms with E-state index in [2.05, 4.69) is 0 Å². The van der Waals surface area contributed by atoms with E-state index in [0.29, 0.717) is 6.42 Å². The molecule has 0 bridgehead atoms. The van der Waals surface area contributed by atoms with E-state index < -0.39 is 9.84 Å². The number of nitrogens with zero attached hydrogens (tertiary/aromatic N) is 1. The van der Waals surface area contributed by atoms with Crippen molar-refractivity contribution in [3.63, 3.8) is 0 Å². The molecule has 1 aromatic heterocycles. The molecule has 2 aliphatic carbocycles. The SMILES string of the molecule is CC(c1ccco1)N(C(=O)CC1(CS(C)(=O)=O)CC1)C1CC1. The van der Waals surface area contributed by atoms with E-state index in [1.807, 2.05) is 24.0 Å². The Hall–Kier alpha value is -1.30. The van der Waals surface area contributed by atoms with Crippen molar-refractivity contribution >= 4 is 15.7 Å². The normalized spacial score (nSPS) is 21.4. The molecule has 2 fully saturated rings. The number of amides is 1. The summed E-state index contributed by atoms with van der Waals surface area (Å²) < 4.78 is 28.6. The monoisotopic (exact) mass is 325 g/mol. The van der Waals surface area contributed by atoms with Gasteiger partial charge >= 0.3 is 0 Å². The van der Waals surface area contributed by atoms with Crippen molar-refractivity contribution in [2.75, 3.05) is 12.0 Å². The third kappa shape index (κ3) is 3.54. The number of hydrogen-bond donors (Lipinski definition) is 0. The summed E-state index contributed by atoms with van der Waals surface area (Å²) in [4.78, 5) is 14.7. The number of rotatable bonds is 7. The van der Waals surface area contributed by atoms with Crippen LogP contribution in [-0.2, 0) is 14.6 Å². The molecule has 0 aromatic carbocycles. The summed E-state index contributed by atoms with van der Waals surface area (Å²) in [6.07, 6.45) is 6.92. The second-order valence-corrected chi connectivity index (χ2v) is 9.11. The lowest BCUT2D eigenvalue weighted by atomic mass is 10.0. The first-order chi connectivity index (χ1) is 10.3. The molecule has 0 spiro atoms. The van der Waals surface area contributed by atoms with Crippen LogP contribution in [0.5, 0.6) is 0 Å². The molecular formula is C16H23NO4S. The lowest BCUT2D eigenvalue weighted by Crippen LogP contribution is -2.37. The second kappa shape index (κ2) is 5.41. The fourth-order valence-electron chi connectivity index (χ4n) is 3.27. The first-order valence-corrected chi connectivity index (χ1v) is 9.88. The topological polar surface area (TPSA) is 67.6 Å². The van der Waals surface area contributed by atoms with Crippen LogP contribution in [0.2, 0.25) is 0 Å². The molecule has 1 heterocycles. The summed E-state index contributed by atoms with van der Waals surface area (Å²) in [5, 5.41) is 0. The number of sulfone groups is 1. The van der Waals surface area contributed by atoms with Crippen LogP contribution in [0.25, 0.3) is 0 Å². The Kier molecular flexibility index (Phi) is 3.83. The Labute approximate surface area is 131 Å². The Balaban J connectivity index is 1.71. The third-order valence-electron chi connectivity index (χ3n) is 4.65. The van der Waals surface area contributed by atoms with E-state index in [4.69, 9.17) is 4.42 Å². The molecule has 0 radical (unpaired) electrons. The van der Waals surface area contributed by atoms with E-state index >= 15 is 0 Å². The van der Waals surface area contributed by atoms with E-state index in [9.17, 15) is 13.2 Å². The van der Waals surface area contributed by atoms with Gasteiger partial charge in [0.05, 0.1) is 18.1 Å². The average molecular weight is 325 g/mol. The molecule has 22 heavy (non-hydrogen) atoms. The minimum absolute atomic E-state index is 0.0625. The van der Waals surface area contributed by atoms with Gasteiger partial charge in [0.1, 0.15) is 15.6 Å². The zero-order valence-corrected chi connectivity index (χ0v) is 13.9. The van der Waals surface area contributed by atoms with Crippen LogP contribution in [0.3, 0.4) is 0 Å². The van der Waals surface area contributed by atoms with E-state index in [1.54, 1.807) is 6.26 Å². The summed E-state index contributed by atoms with van der Waals surface area (Å²) >= 11 is 0. The molecule has 0 saturated heterocycles. The molecule has 122 valence electrons. The molecule has 0 aliphatic heterocycles. The molecule has 1 atom stereocenters. The summed E-state index contributed by atoms with van der Waals surface area (Å²) in [5.74, 6) is 0.972. The van der Waals surface area contributed by atoms with Crippen LogP contribution in [0.1, 0.15) is 50.8 Å². The van der Waals surface area contributed by atoms with Crippen LogP contribution in [0, 0.1) is 5.41 Å². The highest BCUT2D eigenvalue weighted by molar-refractivity contribution is 7.90. The fourth-order valence-corrected chi connectivity index (χ4v) is 4.77. The maximum absolute atomic E-state index is 12.8. The second-order valence-electron chi connectivity index (χ2n) is 6.97. The fraction of sp³-hybridized carbons (Fsp3) is 0.688. The Morgan fingerprint density at radius 1 is 1.45 bits per heavy atom.